The first kappa shape index (κ1) is 21.4. The van der Waals surface area contributed by atoms with E-state index in [0.717, 1.165) is 10.0 Å². The number of aromatic nitrogens is 1. The van der Waals surface area contributed by atoms with Crippen molar-refractivity contribution in [3.63, 3.8) is 0 Å². The number of carbonyl (C=O) groups excluding carboxylic acids is 2. The van der Waals surface area contributed by atoms with E-state index in [0.29, 0.717) is 21.3 Å². The van der Waals surface area contributed by atoms with Crippen LogP contribution in [-0.4, -0.2) is 23.5 Å². The maximum atomic E-state index is 12.7. The Labute approximate surface area is 185 Å². The van der Waals surface area contributed by atoms with Crippen LogP contribution in [-0.2, 0) is 4.79 Å². The Kier molecular flexibility index (Phi) is 6.62. The van der Waals surface area contributed by atoms with Gasteiger partial charge in [0.05, 0.1) is 16.6 Å². The predicted octanol–water partition coefficient (Wildman–Crippen LogP) is 5.40. The fraction of sp³-hybridized carbons (Fsp3) is 0.150. The Morgan fingerprint density at radius 1 is 1.14 bits per heavy atom. The lowest BCUT2D eigenvalue weighted by Gasteiger charge is -2.10. The predicted molar refractivity (Wildman–Crippen MR) is 117 cm³/mol. The lowest BCUT2D eigenvalue weighted by molar-refractivity contribution is -0.115. The smallest absolute Gasteiger partial charge is 0.257 e. The van der Waals surface area contributed by atoms with E-state index in [9.17, 15) is 9.59 Å². The van der Waals surface area contributed by atoms with E-state index >= 15 is 0 Å². The third-order valence-electron chi connectivity index (χ3n) is 4.16. The second-order valence-corrected chi connectivity index (χ2v) is 7.98. The zero-order valence-electron chi connectivity index (χ0n) is 15.5. The summed E-state index contributed by atoms with van der Waals surface area (Å²) >= 11 is 15.8. The first-order valence-electron chi connectivity index (χ1n) is 8.52. The van der Waals surface area contributed by atoms with Gasteiger partial charge in [-0.05, 0) is 49.7 Å². The number of hydrogen-bond acceptors (Lipinski definition) is 4. The minimum atomic E-state index is -0.516. The van der Waals surface area contributed by atoms with Gasteiger partial charge in [0.2, 0.25) is 5.91 Å². The lowest BCUT2D eigenvalue weighted by Crippen LogP contribution is -2.33. The summed E-state index contributed by atoms with van der Waals surface area (Å²) in [6.07, 6.45) is 0. The number of aryl methyl sites for hydroxylation is 2. The second-order valence-electron chi connectivity index (χ2n) is 6.25. The molecule has 0 atom stereocenters. The van der Waals surface area contributed by atoms with Gasteiger partial charge in [-0.1, -0.05) is 50.4 Å². The second kappa shape index (κ2) is 8.98. The molecule has 1 heterocycles. The molecule has 3 aromatic rings. The van der Waals surface area contributed by atoms with Crippen LogP contribution < -0.4 is 10.6 Å². The lowest BCUT2D eigenvalue weighted by atomic mass is 10.1. The molecule has 2 amide bonds. The average Bonchev–Trinajstić information content (AvgIpc) is 3.03. The quantitative estimate of drug-likeness (QED) is 0.495. The zero-order chi connectivity index (χ0) is 21.1. The Morgan fingerprint density at radius 2 is 1.83 bits per heavy atom. The molecule has 0 unspecified atom stereocenters. The third kappa shape index (κ3) is 4.80. The highest BCUT2D eigenvalue weighted by Gasteiger charge is 2.25. The number of benzene rings is 2. The summed E-state index contributed by atoms with van der Waals surface area (Å²) in [5.41, 5.74) is 2.35. The molecule has 0 aliphatic heterocycles. The van der Waals surface area contributed by atoms with E-state index in [-0.39, 0.29) is 29.5 Å². The van der Waals surface area contributed by atoms with Crippen LogP contribution in [0.3, 0.4) is 0 Å². The summed E-state index contributed by atoms with van der Waals surface area (Å²) in [6.45, 7) is 3.25. The van der Waals surface area contributed by atoms with Crippen LogP contribution in [0.5, 0.6) is 0 Å². The summed E-state index contributed by atoms with van der Waals surface area (Å²) in [5.74, 6) is -0.592. The Morgan fingerprint density at radius 3 is 2.48 bits per heavy atom. The molecule has 0 aliphatic carbocycles. The molecule has 0 radical (unpaired) electrons. The first-order chi connectivity index (χ1) is 13.8. The molecule has 2 aromatic carbocycles. The number of anilines is 1. The molecule has 29 heavy (non-hydrogen) atoms. The van der Waals surface area contributed by atoms with E-state index in [1.807, 2.05) is 19.1 Å². The maximum absolute atomic E-state index is 12.7. The fourth-order valence-electron chi connectivity index (χ4n) is 2.74. The van der Waals surface area contributed by atoms with Crippen molar-refractivity contribution in [1.29, 1.82) is 0 Å². The number of amides is 2. The van der Waals surface area contributed by atoms with Crippen LogP contribution in [0.15, 0.2) is 45.4 Å². The SMILES string of the molecule is Cc1cc(Br)ccc1NC(=O)CNC(=O)c1c(-c2c(Cl)cccc2Cl)noc1C. The molecule has 150 valence electrons. The number of halogens is 3. The fourth-order valence-corrected chi connectivity index (χ4v) is 3.80. The molecule has 0 aliphatic rings. The zero-order valence-corrected chi connectivity index (χ0v) is 18.6. The molecule has 0 fully saturated rings. The maximum Gasteiger partial charge on any atom is 0.257 e. The van der Waals surface area contributed by atoms with Gasteiger partial charge in [-0.15, -0.1) is 0 Å². The van der Waals surface area contributed by atoms with Crippen molar-refractivity contribution in [1.82, 2.24) is 10.5 Å². The summed E-state index contributed by atoms with van der Waals surface area (Å²) in [4.78, 5) is 25.0. The largest absolute Gasteiger partial charge is 0.360 e. The highest BCUT2D eigenvalue weighted by atomic mass is 79.9. The van der Waals surface area contributed by atoms with Crippen molar-refractivity contribution in [3.05, 3.63) is 67.8 Å². The molecule has 1 aromatic heterocycles. The first-order valence-corrected chi connectivity index (χ1v) is 10.1. The molecule has 6 nitrogen and oxygen atoms in total. The van der Waals surface area contributed by atoms with Crippen molar-refractivity contribution in [2.45, 2.75) is 13.8 Å². The number of carbonyl (C=O) groups is 2. The number of hydrogen-bond donors (Lipinski definition) is 2. The molecule has 9 heteroatoms. The topological polar surface area (TPSA) is 84.2 Å². The normalized spacial score (nSPS) is 10.7. The molecule has 0 saturated carbocycles. The highest BCUT2D eigenvalue weighted by molar-refractivity contribution is 9.10. The Bertz CT molecular complexity index is 1080. The van der Waals surface area contributed by atoms with Crippen molar-refractivity contribution in [2.24, 2.45) is 0 Å². The van der Waals surface area contributed by atoms with Gasteiger partial charge in [0, 0.05) is 15.7 Å². The van der Waals surface area contributed by atoms with Gasteiger partial charge >= 0.3 is 0 Å². The molecule has 0 spiro atoms. The highest BCUT2D eigenvalue weighted by Crippen LogP contribution is 2.36. The Hall–Kier alpha value is -2.35. The number of nitrogens with one attached hydrogen (secondary N) is 2. The van der Waals surface area contributed by atoms with E-state index < -0.39 is 5.91 Å². The summed E-state index contributed by atoms with van der Waals surface area (Å²) in [7, 11) is 0. The van der Waals surface area contributed by atoms with E-state index in [1.165, 1.54) is 0 Å². The summed E-state index contributed by atoms with van der Waals surface area (Å²) < 4.78 is 6.09. The van der Waals surface area contributed by atoms with Gasteiger partial charge in [-0.2, -0.15) is 0 Å². The standard InChI is InChI=1S/C20H16BrCl2N3O3/c1-10-8-12(21)6-7-15(10)25-16(27)9-24-20(28)17-11(2)29-26-19(17)18-13(22)4-3-5-14(18)23/h3-8H,9H2,1-2H3,(H,24,28)(H,25,27). The van der Waals surface area contributed by atoms with Gasteiger partial charge in [0.1, 0.15) is 17.0 Å². The molecule has 3 rings (SSSR count). The Balaban J connectivity index is 1.75. The van der Waals surface area contributed by atoms with Gasteiger partial charge in [-0.3, -0.25) is 9.59 Å². The van der Waals surface area contributed by atoms with E-state index in [2.05, 4.69) is 31.7 Å². The van der Waals surface area contributed by atoms with Crippen LogP contribution >= 0.6 is 39.1 Å². The summed E-state index contributed by atoms with van der Waals surface area (Å²) in [5, 5.41) is 9.95. The van der Waals surface area contributed by atoms with Crippen molar-refractivity contribution in [2.75, 3.05) is 11.9 Å². The van der Waals surface area contributed by atoms with Gasteiger partial charge in [0.25, 0.3) is 5.91 Å². The van der Waals surface area contributed by atoms with Gasteiger partial charge < -0.3 is 15.2 Å². The van der Waals surface area contributed by atoms with Crippen LogP contribution in [0.2, 0.25) is 10.0 Å². The van der Waals surface area contributed by atoms with Crippen molar-refractivity contribution < 1.29 is 14.1 Å². The molecule has 2 N–H and O–H groups in total. The molecular formula is C20H16BrCl2N3O3. The van der Waals surface area contributed by atoms with Gasteiger partial charge in [-0.25, -0.2) is 0 Å². The van der Waals surface area contributed by atoms with Crippen molar-refractivity contribution >= 4 is 56.6 Å². The van der Waals surface area contributed by atoms with E-state index in [1.54, 1.807) is 31.2 Å². The van der Waals surface area contributed by atoms with E-state index in [4.69, 9.17) is 27.7 Å². The minimum Gasteiger partial charge on any atom is -0.360 e. The van der Waals surface area contributed by atoms with Crippen LogP contribution in [0.4, 0.5) is 5.69 Å². The average molecular weight is 497 g/mol. The number of rotatable bonds is 5. The van der Waals surface area contributed by atoms with Gasteiger partial charge in [0.15, 0.2) is 0 Å². The molecular weight excluding hydrogens is 481 g/mol. The number of nitrogens with zero attached hydrogens (tertiary/aromatic N) is 1. The summed E-state index contributed by atoms with van der Waals surface area (Å²) in [6, 6.07) is 10.5. The van der Waals surface area contributed by atoms with Crippen LogP contribution in [0, 0.1) is 13.8 Å². The monoisotopic (exact) mass is 495 g/mol. The minimum absolute atomic E-state index is 0.174. The van der Waals surface area contributed by atoms with Crippen LogP contribution in [0.25, 0.3) is 11.3 Å². The van der Waals surface area contributed by atoms with Crippen molar-refractivity contribution in [3.8, 4) is 11.3 Å². The van der Waals surface area contributed by atoms with Crippen LogP contribution in [0.1, 0.15) is 21.7 Å². The third-order valence-corrected chi connectivity index (χ3v) is 5.28. The molecule has 0 saturated heterocycles. The molecule has 0 bridgehead atoms.